The van der Waals surface area contributed by atoms with Crippen LogP contribution in [0.25, 0.3) is 10.8 Å². The third-order valence-electron chi connectivity index (χ3n) is 3.54. The molecule has 0 aliphatic heterocycles. The molecule has 112 valence electrons. The summed E-state index contributed by atoms with van der Waals surface area (Å²) in [6.07, 6.45) is 0.799. The summed E-state index contributed by atoms with van der Waals surface area (Å²) in [6, 6.07) is 14.5. The van der Waals surface area contributed by atoms with E-state index in [1.807, 2.05) is 19.1 Å². The molecule has 21 heavy (non-hydrogen) atoms. The number of fused-ring (bicyclic) bond motifs is 1. The summed E-state index contributed by atoms with van der Waals surface area (Å²) in [6.45, 7) is 3.46. The molecule has 0 radical (unpaired) electrons. The highest BCUT2D eigenvalue weighted by atomic mass is 16.3. The van der Waals surface area contributed by atoms with Crippen molar-refractivity contribution in [1.29, 1.82) is 0 Å². The molecular formula is C17H22N2O2. The number of aliphatic hydroxyl groups is 1. The van der Waals surface area contributed by atoms with E-state index in [4.69, 9.17) is 5.11 Å². The van der Waals surface area contributed by atoms with E-state index in [1.54, 1.807) is 4.90 Å². The van der Waals surface area contributed by atoms with Crippen molar-refractivity contribution in [3.05, 3.63) is 48.0 Å². The number of nitrogens with one attached hydrogen (secondary N) is 1. The lowest BCUT2D eigenvalue weighted by atomic mass is 10.1. The molecule has 0 aromatic heterocycles. The van der Waals surface area contributed by atoms with Crippen LogP contribution < -0.4 is 5.32 Å². The lowest BCUT2D eigenvalue weighted by Crippen LogP contribution is -2.42. The number of nitrogens with zero attached hydrogens (tertiary/aromatic N) is 1. The summed E-state index contributed by atoms with van der Waals surface area (Å²) in [7, 11) is 0. The molecule has 0 heterocycles. The Morgan fingerprint density at radius 3 is 2.67 bits per heavy atom. The minimum atomic E-state index is -0.118. The standard InChI is InChI=1S/C17H22N2O2/c1-2-19(11-12-20)17(21)18-10-9-14-7-8-15-5-3-4-6-16(15)13-14/h3-8,13,20H,2,9-12H2,1H3,(H,18,21). The molecule has 0 unspecified atom stereocenters. The van der Waals surface area contributed by atoms with Crippen molar-refractivity contribution in [1.82, 2.24) is 10.2 Å². The molecular weight excluding hydrogens is 264 g/mol. The van der Waals surface area contributed by atoms with Gasteiger partial charge in [0.1, 0.15) is 0 Å². The third-order valence-corrected chi connectivity index (χ3v) is 3.54. The van der Waals surface area contributed by atoms with Gasteiger partial charge >= 0.3 is 6.03 Å². The van der Waals surface area contributed by atoms with Crippen molar-refractivity contribution in [2.24, 2.45) is 0 Å². The first kappa shape index (κ1) is 15.3. The van der Waals surface area contributed by atoms with Gasteiger partial charge in [0, 0.05) is 19.6 Å². The molecule has 0 fully saturated rings. The molecule has 0 atom stereocenters. The first-order chi connectivity index (χ1) is 10.2. The molecule has 2 aromatic rings. The number of hydrogen-bond donors (Lipinski definition) is 2. The number of rotatable bonds is 6. The van der Waals surface area contributed by atoms with E-state index in [9.17, 15) is 4.79 Å². The highest BCUT2D eigenvalue weighted by Gasteiger charge is 2.09. The lowest BCUT2D eigenvalue weighted by Gasteiger charge is -2.20. The molecule has 0 aliphatic rings. The molecule has 2 aromatic carbocycles. The molecule has 2 N–H and O–H groups in total. The van der Waals surface area contributed by atoms with Gasteiger partial charge in [-0.2, -0.15) is 0 Å². The SMILES string of the molecule is CCN(CCO)C(=O)NCCc1ccc2ccccc2c1. The Hall–Kier alpha value is -2.07. The Kier molecular flexibility index (Phi) is 5.58. The van der Waals surface area contributed by atoms with Gasteiger partial charge in [-0.05, 0) is 29.7 Å². The van der Waals surface area contributed by atoms with E-state index < -0.39 is 0 Å². The van der Waals surface area contributed by atoms with Crippen molar-refractivity contribution in [3.63, 3.8) is 0 Å². The van der Waals surface area contributed by atoms with Crippen LogP contribution in [0.5, 0.6) is 0 Å². The second kappa shape index (κ2) is 7.64. The predicted molar refractivity (Wildman–Crippen MR) is 85.4 cm³/mol. The average molecular weight is 286 g/mol. The predicted octanol–water partition coefficient (Wildman–Crippen LogP) is 2.41. The second-order valence-corrected chi connectivity index (χ2v) is 4.97. The molecule has 0 saturated carbocycles. The van der Waals surface area contributed by atoms with Gasteiger partial charge in [0.2, 0.25) is 0 Å². The highest BCUT2D eigenvalue weighted by molar-refractivity contribution is 5.83. The molecule has 2 amide bonds. The Morgan fingerprint density at radius 1 is 1.19 bits per heavy atom. The summed E-state index contributed by atoms with van der Waals surface area (Å²) in [5.74, 6) is 0. The van der Waals surface area contributed by atoms with Gasteiger partial charge in [-0.15, -0.1) is 0 Å². The Labute approximate surface area is 125 Å². The summed E-state index contributed by atoms with van der Waals surface area (Å²) in [5, 5.41) is 14.2. The Balaban J connectivity index is 1.88. The molecule has 0 spiro atoms. The number of carbonyl (C=O) groups is 1. The van der Waals surface area contributed by atoms with E-state index in [0.29, 0.717) is 19.6 Å². The lowest BCUT2D eigenvalue weighted by molar-refractivity contribution is 0.180. The fourth-order valence-electron chi connectivity index (χ4n) is 2.34. The van der Waals surface area contributed by atoms with Crippen molar-refractivity contribution >= 4 is 16.8 Å². The minimum Gasteiger partial charge on any atom is -0.395 e. The van der Waals surface area contributed by atoms with Crippen LogP contribution in [0, 0.1) is 0 Å². The van der Waals surface area contributed by atoms with Crippen LogP contribution in [0.15, 0.2) is 42.5 Å². The summed E-state index contributed by atoms with van der Waals surface area (Å²) in [5.41, 5.74) is 1.21. The van der Waals surface area contributed by atoms with Crippen LogP contribution >= 0.6 is 0 Å². The zero-order valence-electron chi connectivity index (χ0n) is 12.4. The minimum absolute atomic E-state index is 0.00800. The van der Waals surface area contributed by atoms with Crippen LogP contribution in [0.1, 0.15) is 12.5 Å². The highest BCUT2D eigenvalue weighted by Crippen LogP contribution is 2.15. The quantitative estimate of drug-likeness (QED) is 0.857. The number of hydrogen-bond acceptors (Lipinski definition) is 2. The maximum Gasteiger partial charge on any atom is 0.317 e. The monoisotopic (exact) mass is 286 g/mol. The van der Waals surface area contributed by atoms with Gasteiger partial charge in [0.15, 0.2) is 0 Å². The van der Waals surface area contributed by atoms with Crippen molar-refractivity contribution in [3.8, 4) is 0 Å². The van der Waals surface area contributed by atoms with Gasteiger partial charge in [-0.1, -0.05) is 42.5 Å². The number of aliphatic hydroxyl groups excluding tert-OH is 1. The normalized spacial score (nSPS) is 10.6. The fourth-order valence-corrected chi connectivity index (χ4v) is 2.34. The van der Waals surface area contributed by atoms with Gasteiger partial charge in [-0.3, -0.25) is 0 Å². The smallest absolute Gasteiger partial charge is 0.317 e. The number of amides is 2. The zero-order chi connectivity index (χ0) is 15.1. The Morgan fingerprint density at radius 2 is 1.95 bits per heavy atom. The summed E-state index contributed by atoms with van der Waals surface area (Å²) < 4.78 is 0. The Bertz CT molecular complexity index is 598. The maximum absolute atomic E-state index is 11.9. The molecule has 4 nitrogen and oxygen atoms in total. The summed E-state index contributed by atoms with van der Waals surface area (Å²) >= 11 is 0. The van der Waals surface area contributed by atoms with Crippen LogP contribution in [0.3, 0.4) is 0 Å². The molecule has 4 heteroatoms. The van der Waals surface area contributed by atoms with E-state index >= 15 is 0 Å². The van der Waals surface area contributed by atoms with Crippen molar-refractivity contribution < 1.29 is 9.90 Å². The topological polar surface area (TPSA) is 52.6 Å². The van der Waals surface area contributed by atoms with Crippen molar-refractivity contribution in [2.45, 2.75) is 13.3 Å². The maximum atomic E-state index is 11.9. The largest absolute Gasteiger partial charge is 0.395 e. The number of benzene rings is 2. The number of urea groups is 1. The molecule has 0 saturated heterocycles. The van der Waals surface area contributed by atoms with E-state index in [-0.39, 0.29) is 12.6 Å². The van der Waals surface area contributed by atoms with Crippen LogP contribution in [-0.2, 0) is 6.42 Å². The van der Waals surface area contributed by atoms with Crippen LogP contribution in [0.4, 0.5) is 4.79 Å². The van der Waals surface area contributed by atoms with Gasteiger partial charge in [-0.25, -0.2) is 4.79 Å². The fraction of sp³-hybridized carbons (Fsp3) is 0.353. The zero-order valence-corrected chi connectivity index (χ0v) is 12.4. The first-order valence-corrected chi connectivity index (χ1v) is 7.36. The van der Waals surface area contributed by atoms with Crippen LogP contribution in [-0.4, -0.2) is 42.3 Å². The number of carbonyl (C=O) groups excluding carboxylic acids is 1. The molecule has 0 bridgehead atoms. The average Bonchev–Trinajstić information content (AvgIpc) is 2.52. The molecule has 2 rings (SSSR count). The summed E-state index contributed by atoms with van der Waals surface area (Å²) in [4.78, 5) is 13.5. The van der Waals surface area contributed by atoms with Crippen molar-refractivity contribution in [2.75, 3.05) is 26.2 Å². The van der Waals surface area contributed by atoms with Gasteiger partial charge < -0.3 is 15.3 Å². The first-order valence-electron chi connectivity index (χ1n) is 7.36. The van der Waals surface area contributed by atoms with Crippen LogP contribution in [0.2, 0.25) is 0 Å². The third kappa shape index (κ3) is 4.20. The second-order valence-electron chi connectivity index (χ2n) is 4.97. The van der Waals surface area contributed by atoms with Gasteiger partial charge in [0.05, 0.1) is 6.61 Å². The van der Waals surface area contributed by atoms with Gasteiger partial charge in [0.25, 0.3) is 0 Å². The van der Waals surface area contributed by atoms with E-state index in [2.05, 4.69) is 35.6 Å². The number of likely N-dealkylation sites (N-methyl/N-ethyl adjacent to an activating group) is 1. The molecule has 0 aliphatic carbocycles. The van der Waals surface area contributed by atoms with E-state index in [1.165, 1.54) is 16.3 Å². The van der Waals surface area contributed by atoms with E-state index in [0.717, 1.165) is 6.42 Å².